The van der Waals surface area contributed by atoms with Crippen LogP contribution in [0.25, 0.3) is 0 Å². The largest absolute Gasteiger partial charge is 0.488 e. The fraction of sp³-hybridized carbons (Fsp3) is 0.467. The van der Waals surface area contributed by atoms with Crippen LogP contribution in [0.1, 0.15) is 26.3 Å². The lowest BCUT2D eigenvalue weighted by Gasteiger charge is -2.21. The predicted molar refractivity (Wildman–Crippen MR) is 78.6 cm³/mol. The van der Waals surface area contributed by atoms with Crippen molar-refractivity contribution in [2.75, 3.05) is 13.2 Å². The Balaban J connectivity index is 2.43. The minimum absolute atomic E-state index is 0.0877. The van der Waals surface area contributed by atoms with Gasteiger partial charge < -0.3 is 10.1 Å². The summed E-state index contributed by atoms with van der Waals surface area (Å²) in [6, 6.07) is 5.77. The van der Waals surface area contributed by atoms with Crippen LogP contribution >= 0.6 is 11.6 Å². The average molecular weight is 268 g/mol. The number of halogens is 1. The maximum atomic E-state index is 6.09. The summed E-state index contributed by atoms with van der Waals surface area (Å²) in [5.74, 6) is 0.708. The van der Waals surface area contributed by atoms with E-state index in [1.165, 1.54) is 0 Å². The monoisotopic (exact) mass is 267 g/mol. The number of ether oxygens (including phenoxy) is 1. The highest BCUT2D eigenvalue weighted by Gasteiger charge is 2.09. The first-order chi connectivity index (χ1) is 8.28. The summed E-state index contributed by atoms with van der Waals surface area (Å²) in [4.78, 5) is 0. The Labute approximate surface area is 115 Å². The third-order valence-corrected chi connectivity index (χ3v) is 2.68. The van der Waals surface area contributed by atoms with Crippen LogP contribution in [-0.4, -0.2) is 18.7 Å². The molecular formula is C15H22ClNO. The highest BCUT2D eigenvalue weighted by Crippen LogP contribution is 2.25. The molecule has 0 saturated heterocycles. The van der Waals surface area contributed by atoms with Gasteiger partial charge in [-0.1, -0.05) is 24.2 Å². The van der Waals surface area contributed by atoms with E-state index in [1.54, 1.807) is 0 Å². The molecule has 0 aliphatic carbocycles. The van der Waals surface area contributed by atoms with E-state index < -0.39 is 0 Å². The van der Waals surface area contributed by atoms with Crippen molar-refractivity contribution in [2.45, 2.75) is 33.2 Å². The van der Waals surface area contributed by atoms with Gasteiger partial charge in [-0.2, -0.15) is 0 Å². The van der Waals surface area contributed by atoms with Crippen LogP contribution in [0.4, 0.5) is 0 Å². The quantitative estimate of drug-likeness (QED) is 0.815. The summed E-state index contributed by atoms with van der Waals surface area (Å²) in [7, 11) is 0. The number of nitrogens with one attached hydrogen (secondary N) is 1. The first-order valence-electron chi connectivity index (χ1n) is 6.08. The van der Waals surface area contributed by atoms with Crippen LogP contribution < -0.4 is 10.1 Å². The van der Waals surface area contributed by atoms with Gasteiger partial charge >= 0.3 is 0 Å². The zero-order chi connectivity index (χ0) is 13.8. The molecule has 0 radical (unpaired) electrons. The Morgan fingerprint density at radius 1 is 1.39 bits per heavy atom. The zero-order valence-electron chi connectivity index (χ0n) is 11.6. The van der Waals surface area contributed by atoms with Gasteiger partial charge in [-0.05, 0) is 51.0 Å². The topological polar surface area (TPSA) is 21.3 Å². The van der Waals surface area contributed by atoms with Crippen molar-refractivity contribution in [3.05, 3.63) is 40.9 Å². The molecule has 1 aromatic rings. The highest BCUT2D eigenvalue weighted by atomic mass is 35.5. The molecule has 1 N–H and O–H groups in total. The summed E-state index contributed by atoms with van der Waals surface area (Å²) < 4.78 is 5.65. The lowest BCUT2D eigenvalue weighted by atomic mass is 10.1. The summed E-state index contributed by atoms with van der Waals surface area (Å²) in [5, 5.41) is 4.01. The molecule has 0 atom stereocenters. The fourth-order valence-electron chi connectivity index (χ4n) is 1.34. The molecule has 1 aromatic carbocycles. The van der Waals surface area contributed by atoms with Crippen LogP contribution in [0, 0.1) is 6.92 Å². The lowest BCUT2D eigenvalue weighted by molar-refractivity contribution is 0.341. The third-order valence-electron chi connectivity index (χ3n) is 2.39. The van der Waals surface area contributed by atoms with Crippen molar-refractivity contribution < 1.29 is 4.74 Å². The molecule has 18 heavy (non-hydrogen) atoms. The van der Waals surface area contributed by atoms with Crippen LogP contribution in [0.3, 0.4) is 0 Å². The molecule has 0 spiro atoms. The SMILES string of the molecule is C=C(CNC(C)(C)C)COc1ccc(C)cc1Cl. The molecule has 3 heteroatoms. The van der Waals surface area contributed by atoms with E-state index in [0.717, 1.165) is 17.7 Å². The van der Waals surface area contributed by atoms with Crippen molar-refractivity contribution in [3.8, 4) is 5.75 Å². The second-order valence-corrected chi connectivity index (χ2v) is 5.98. The Kier molecular flexibility index (Phi) is 5.24. The van der Waals surface area contributed by atoms with E-state index in [9.17, 15) is 0 Å². The Bertz CT molecular complexity index is 421. The molecule has 0 fully saturated rings. The summed E-state index contributed by atoms with van der Waals surface area (Å²) in [5.41, 5.74) is 2.21. The standard InChI is InChI=1S/C15H22ClNO/c1-11-6-7-14(13(16)8-11)18-10-12(2)9-17-15(3,4)5/h6-8,17H,2,9-10H2,1,3-5H3. The maximum Gasteiger partial charge on any atom is 0.138 e. The Morgan fingerprint density at radius 3 is 2.61 bits per heavy atom. The first-order valence-corrected chi connectivity index (χ1v) is 6.46. The molecule has 0 unspecified atom stereocenters. The van der Waals surface area contributed by atoms with Gasteiger partial charge in [0.1, 0.15) is 12.4 Å². The Hall–Kier alpha value is -0.990. The van der Waals surface area contributed by atoms with Crippen LogP contribution in [0.5, 0.6) is 5.75 Å². The average Bonchev–Trinajstić information content (AvgIpc) is 2.24. The van der Waals surface area contributed by atoms with E-state index in [2.05, 4.69) is 32.7 Å². The minimum Gasteiger partial charge on any atom is -0.488 e. The summed E-state index contributed by atoms with van der Waals surface area (Å²) in [6.07, 6.45) is 0. The molecule has 2 nitrogen and oxygen atoms in total. The Morgan fingerprint density at radius 2 is 2.06 bits per heavy atom. The third kappa shape index (κ3) is 5.56. The number of hydrogen-bond acceptors (Lipinski definition) is 2. The number of aryl methyl sites for hydroxylation is 1. The van der Waals surface area contributed by atoms with E-state index in [1.807, 2.05) is 25.1 Å². The fourth-order valence-corrected chi connectivity index (χ4v) is 1.63. The van der Waals surface area contributed by atoms with Gasteiger partial charge in [0.25, 0.3) is 0 Å². The van der Waals surface area contributed by atoms with E-state index in [0.29, 0.717) is 17.4 Å². The van der Waals surface area contributed by atoms with Crippen molar-refractivity contribution in [1.82, 2.24) is 5.32 Å². The van der Waals surface area contributed by atoms with Gasteiger partial charge in [-0.15, -0.1) is 0 Å². The van der Waals surface area contributed by atoms with E-state index >= 15 is 0 Å². The van der Waals surface area contributed by atoms with E-state index in [-0.39, 0.29) is 5.54 Å². The number of benzene rings is 1. The zero-order valence-corrected chi connectivity index (χ0v) is 12.4. The maximum absolute atomic E-state index is 6.09. The minimum atomic E-state index is 0.0877. The number of rotatable bonds is 5. The molecule has 0 heterocycles. The van der Waals surface area contributed by atoms with Gasteiger partial charge in [0.2, 0.25) is 0 Å². The van der Waals surface area contributed by atoms with Gasteiger partial charge in [0.05, 0.1) is 5.02 Å². The van der Waals surface area contributed by atoms with Crippen LogP contribution in [-0.2, 0) is 0 Å². The highest BCUT2D eigenvalue weighted by molar-refractivity contribution is 6.32. The molecule has 100 valence electrons. The predicted octanol–water partition coefficient (Wildman–Crippen LogP) is 3.97. The van der Waals surface area contributed by atoms with Gasteiger partial charge in [-0.25, -0.2) is 0 Å². The molecule has 0 aromatic heterocycles. The van der Waals surface area contributed by atoms with Crippen LogP contribution in [0.15, 0.2) is 30.4 Å². The molecule has 0 bridgehead atoms. The molecular weight excluding hydrogens is 246 g/mol. The molecule has 0 saturated carbocycles. The summed E-state index contributed by atoms with van der Waals surface area (Å²) >= 11 is 6.09. The van der Waals surface area contributed by atoms with Gasteiger partial charge in [0, 0.05) is 12.1 Å². The van der Waals surface area contributed by atoms with E-state index in [4.69, 9.17) is 16.3 Å². The smallest absolute Gasteiger partial charge is 0.138 e. The van der Waals surface area contributed by atoms with Crippen molar-refractivity contribution in [2.24, 2.45) is 0 Å². The molecule has 0 amide bonds. The van der Waals surface area contributed by atoms with Crippen molar-refractivity contribution >= 4 is 11.6 Å². The van der Waals surface area contributed by atoms with Crippen molar-refractivity contribution in [1.29, 1.82) is 0 Å². The van der Waals surface area contributed by atoms with Crippen molar-refractivity contribution in [3.63, 3.8) is 0 Å². The molecule has 0 aliphatic heterocycles. The lowest BCUT2D eigenvalue weighted by Crippen LogP contribution is -2.37. The first kappa shape index (κ1) is 15.1. The number of hydrogen-bond donors (Lipinski definition) is 1. The molecule has 1 rings (SSSR count). The second-order valence-electron chi connectivity index (χ2n) is 5.58. The second kappa shape index (κ2) is 6.26. The normalized spacial score (nSPS) is 11.4. The van der Waals surface area contributed by atoms with Gasteiger partial charge in [-0.3, -0.25) is 0 Å². The summed E-state index contributed by atoms with van der Waals surface area (Å²) in [6.45, 7) is 13.6. The van der Waals surface area contributed by atoms with Gasteiger partial charge in [0.15, 0.2) is 0 Å². The molecule has 0 aliphatic rings. The van der Waals surface area contributed by atoms with Crippen LogP contribution in [0.2, 0.25) is 5.02 Å².